The number of nitrogens with one attached hydrogen (secondary N) is 2. The van der Waals surface area contributed by atoms with Crippen LogP contribution < -0.4 is 5.32 Å². The number of hydrogen-bond donors (Lipinski definition) is 2. The molecule has 180 valence electrons. The number of aromatic nitrogens is 2. The number of aromatic amines is 1. The molecule has 2 aliphatic heterocycles. The van der Waals surface area contributed by atoms with E-state index in [1.54, 1.807) is 0 Å². The lowest BCUT2D eigenvalue weighted by atomic mass is 9.96. The van der Waals surface area contributed by atoms with Crippen LogP contribution in [0, 0.1) is 0 Å². The molecule has 3 aromatic rings. The first-order chi connectivity index (χ1) is 16.5. The second-order valence-corrected chi connectivity index (χ2v) is 10.6. The Labute approximate surface area is 204 Å². The van der Waals surface area contributed by atoms with Gasteiger partial charge >= 0.3 is 6.03 Å². The summed E-state index contributed by atoms with van der Waals surface area (Å²) < 4.78 is 5.47. The van der Waals surface area contributed by atoms with E-state index in [1.807, 2.05) is 36.3 Å². The van der Waals surface area contributed by atoms with Crippen molar-refractivity contribution >= 4 is 34.0 Å². The molecule has 8 heteroatoms. The van der Waals surface area contributed by atoms with Gasteiger partial charge in [-0.1, -0.05) is 6.08 Å². The summed E-state index contributed by atoms with van der Waals surface area (Å²) in [5.41, 5.74) is 4.50. The zero-order valence-electron chi connectivity index (χ0n) is 20.1. The van der Waals surface area contributed by atoms with Crippen LogP contribution in [0.3, 0.4) is 0 Å². The summed E-state index contributed by atoms with van der Waals surface area (Å²) in [4.78, 5) is 27.5. The Balaban J connectivity index is 1.36. The predicted molar refractivity (Wildman–Crippen MR) is 138 cm³/mol. The minimum atomic E-state index is 0.00579. The van der Waals surface area contributed by atoms with Gasteiger partial charge in [0.1, 0.15) is 5.65 Å². The van der Waals surface area contributed by atoms with Crippen molar-refractivity contribution in [2.24, 2.45) is 0 Å². The van der Waals surface area contributed by atoms with Crippen LogP contribution >= 0.6 is 11.3 Å². The third-order valence-corrected chi connectivity index (χ3v) is 7.65. The van der Waals surface area contributed by atoms with Crippen LogP contribution in [0.2, 0.25) is 0 Å². The number of hydrogen-bond acceptors (Lipinski definition) is 5. The van der Waals surface area contributed by atoms with Crippen molar-refractivity contribution in [3.8, 4) is 10.4 Å². The smallest absolute Gasteiger partial charge is 0.318 e. The summed E-state index contributed by atoms with van der Waals surface area (Å²) in [7, 11) is 0. The highest BCUT2D eigenvalue weighted by atomic mass is 32.1. The monoisotopic (exact) mass is 479 g/mol. The number of pyridine rings is 1. The number of fused-ring (bicyclic) bond motifs is 1. The zero-order valence-corrected chi connectivity index (χ0v) is 21.0. The molecule has 0 aliphatic carbocycles. The van der Waals surface area contributed by atoms with E-state index in [2.05, 4.69) is 52.6 Å². The molecule has 34 heavy (non-hydrogen) atoms. The minimum absolute atomic E-state index is 0.00579. The van der Waals surface area contributed by atoms with E-state index < -0.39 is 0 Å². The van der Waals surface area contributed by atoms with E-state index in [-0.39, 0.29) is 18.1 Å². The number of amides is 2. The van der Waals surface area contributed by atoms with Gasteiger partial charge in [-0.15, -0.1) is 11.3 Å². The van der Waals surface area contributed by atoms with Crippen LogP contribution in [0.4, 0.5) is 4.79 Å². The molecule has 2 amide bonds. The highest BCUT2D eigenvalue weighted by Crippen LogP contribution is 2.34. The van der Waals surface area contributed by atoms with Gasteiger partial charge in [0, 0.05) is 76.9 Å². The molecule has 1 saturated heterocycles. The molecule has 7 nitrogen and oxygen atoms in total. The molecule has 2 N–H and O–H groups in total. The molecule has 1 atom stereocenters. The number of H-pyrrole nitrogens is 1. The summed E-state index contributed by atoms with van der Waals surface area (Å²) in [6.07, 6.45) is 7.06. The van der Waals surface area contributed by atoms with E-state index in [0.29, 0.717) is 6.54 Å². The third kappa shape index (κ3) is 4.89. The van der Waals surface area contributed by atoms with Gasteiger partial charge in [0.15, 0.2) is 0 Å². The molecular formula is C26H33N5O2S. The van der Waals surface area contributed by atoms with Crippen molar-refractivity contribution in [1.29, 1.82) is 0 Å². The van der Waals surface area contributed by atoms with Crippen molar-refractivity contribution in [3.63, 3.8) is 0 Å². The Morgan fingerprint density at radius 2 is 2.12 bits per heavy atom. The van der Waals surface area contributed by atoms with Crippen LogP contribution in [0.25, 0.3) is 27.0 Å². The SMILES string of the molecule is CC(C)NC(=O)N1CCC(c2c[nH]c3ncc(-c4ccc(CN5CCOCC5)s4)cc23)=CC1C. The van der Waals surface area contributed by atoms with Crippen molar-refractivity contribution < 1.29 is 9.53 Å². The van der Waals surface area contributed by atoms with Gasteiger partial charge < -0.3 is 19.9 Å². The Kier molecular flexibility index (Phi) is 6.72. The molecule has 0 spiro atoms. The maximum atomic E-state index is 12.5. The van der Waals surface area contributed by atoms with E-state index in [1.165, 1.54) is 20.9 Å². The predicted octanol–water partition coefficient (Wildman–Crippen LogP) is 4.72. The fourth-order valence-electron chi connectivity index (χ4n) is 4.75. The summed E-state index contributed by atoms with van der Waals surface area (Å²) in [5.74, 6) is 0. The van der Waals surface area contributed by atoms with Gasteiger partial charge in [-0.2, -0.15) is 0 Å². The maximum absolute atomic E-state index is 12.5. The summed E-state index contributed by atoms with van der Waals surface area (Å²) in [5, 5.41) is 4.15. The molecule has 1 unspecified atom stereocenters. The zero-order chi connectivity index (χ0) is 23.7. The van der Waals surface area contributed by atoms with Crippen LogP contribution in [0.1, 0.15) is 37.6 Å². The van der Waals surface area contributed by atoms with Gasteiger partial charge in [-0.3, -0.25) is 4.90 Å². The Bertz CT molecular complexity index is 1190. The topological polar surface area (TPSA) is 73.5 Å². The van der Waals surface area contributed by atoms with Crippen molar-refractivity contribution in [1.82, 2.24) is 25.1 Å². The molecule has 3 aromatic heterocycles. The molecule has 0 bridgehead atoms. The van der Waals surface area contributed by atoms with Gasteiger partial charge in [-0.25, -0.2) is 9.78 Å². The number of nitrogens with zero attached hydrogens (tertiary/aromatic N) is 3. The second-order valence-electron chi connectivity index (χ2n) is 9.46. The molecular weight excluding hydrogens is 446 g/mol. The first-order valence-electron chi connectivity index (χ1n) is 12.1. The van der Waals surface area contributed by atoms with Crippen LogP contribution in [-0.2, 0) is 11.3 Å². The van der Waals surface area contributed by atoms with E-state index in [0.717, 1.165) is 55.9 Å². The number of rotatable bonds is 5. The largest absolute Gasteiger partial charge is 0.379 e. The summed E-state index contributed by atoms with van der Waals surface area (Å²) in [6, 6.07) is 6.88. The standard InChI is InChI=1S/C26H33N5O2S/c1-17(2)29-26(32)31-7-6-19(12-18(31)3)23-15-28-25-22(23)13-20(14-27-25)24-5-4-21(34-24)16-30-8-10-33-11-9-30/h4-5,12-15,17-18H,6-11,16H2,1-3H3,(H,27,28)(H,29,32). The maximum Gasteiger partial charge on any atom is 0.318 e. The van der Waals surface area contributed by atoms with Gasteiger partial charge in [0.25, 0.3) is 0 Å². The molecule has 0 radical (unpaired) electrons. The molecule has 1 fully saturated rings. The summed E-state index contributed by atoms with van der Waals surface area (Å²) in [6.45, 7) is 11.4. The van der Waals surface area contributed by atoms with Gasteiger partial charge in [0.05, 0.1) is 13.2 Å². The van der Waals surface area contributed by atoms with Crippen LogP contribution in [-0.4, -0.2) is 70.7 Å². The van der Waals surface area contributed by atoms with Gasteiger partial charge in [-0.05, 0) is 51.0 Å². The number of carbonyl (C=O) groups is 1. The van der Waals surface area contributed by atoms with Crippen LogP contribution in [0.15, 0.2) is 36.7 Å². The number of morpholine rings is 1. The molecule has 0 aromatic carbocycles. The molecule has 2 aliphatic rings. The molecule has 5 rings (SSSR count). The number of carbonyl (C=O) groups excluding carboxylic acids is 1. The number of urea groups is 1. The first kappa shape index (κ1) is 23.1. The first-order valence-corrected chi connectivity index (χ1v) is 12.9. The van der Waals surface area contributed by atoms with Crippen molar-refractivity contribution in [3.05, 3.63) is 47.1 Å². The normalized spacial score (nSPS) is 19.6. The quantitative estimate of drug-likeness (QED) is 0.555. The average molecular weight is 480 g/mol. The Hall–Kier alpha value is -2.68. The van der Waals surface area contributed by atoms with Crippen molar-refractivity contribution in [2.45, 2.75) is 45.8 Å². The Morgan fingerprint density at radius 1 is 1.29 bits per heavy atom. The van der Waals surface area contributed by atoms with E-state index >= 15 is 0 Å². The minimum Gasteiger partial charge on any atom is -0.379 e. The van der Waals surface area contributed by atoms with E-state index in [9.17, 15) is 4.79 Å². The fourth-order valence-corrected chi connectivity index (χ4v) is 5.78. The lowest BCUT2D eigenvalue weighted by Gasteiger charge is -2.33. The lowest BCUT2D eigenvalue weighted by Crippen LogP contribution is -2.48. The second kappa shape index (κ2) is 9.90. The Morgan fingerprint density at radius 3 is 2.88 bits per heavy atom. The average Bonchev–Trinajstić information content (AvgIpc) is 3.46. The van der Waals surface area contributed by atoms with Gasteiger partial charge in [0.2, 0.25) is 0 Å². The third-order valence-electron chi connectivity index (χ3n) is 6.54. The summed E-state index contributed by atoms with van der Waals surface area (Å²) >= 11 is 1.84. The number of thiophene rings is 1. The van der Waals surface area contributed by atoms with E-state index in [4.69, 9.17) is 9.72 Å². The molecule has 5 heterocycles. The highest BCUT2D eigenvalue weighted by Gasteiger charge is 2.25. The fraction of sp³-hybridized carbons (Fsp3) is 0.462. The lowest BCUT2D eigenvalue weighted by molar-refractivity contribution is 0.0346. The molecule has 0 saturated carbocycles. The van der Waals surface area contributed by atoms with Crippen LogP contribution in [0.5, 0.6) is 0 Å². The van der Waals surface area contributed by atoms with Crippen molar-refractivity contribution in [2.75, 3.05) is 32.8 Å². The number of ether oxygens (including phenoxy) is 1. The highest BCUT2D eigenvalue weighted by molar-refractivity contribution is 7.15.